The summed E-state index contributed by atoms with van der Waals surface area (Å²) in [6, 6.07) is 3.62. The lowest BCUT2D eigenvalue weighted by atomic mass is 10.4. The molecule has 0 aliphatic rings. The molecule has 1 aromatic heterocycles. The van der Waals surface area contributed by atoms with Gasteiger partial charge in [-0.3, -0.25) is 0 Å². The Labute approximate surface area is 70.9 Å². The molecule has 3 heteroatoms. The van der Waals surface area contributed by atoms with Crippen molar-refractivity contribution < 1.29 is 0 Å². The topological polar surface area (TPSA) is 24.9 Å². The van der Waals surface area contributed by atoms with Gasteiger partial charge in [0.05, 0.1) is 5.02 Å². The van der Waals surface area contributed by atoms with E-state index in [0.717, 1.165) is 5.82 Å². The Morgan fingerprint density at radius 3 is 3.00 bits per heavy atom. The minimum atomic E-state index is 0.647. The summed E-state index contributed by atoms with van der Waals surface area (Å²) in [6.45, 7) is 4.29. The van der Waals surface area contributed by atoms with Gasteiger partial charge in [0, 0.05) is 12.7 Å². The largest absolute Gasteiger partial charge is 0.367 e. The van der Waals surface area contributed by atoms with Crippen molar-refractivity contribution in [1.29, 1.82) is 0 Å². The standard InChI is InChI=1S/C8H9ClN2/c1-2-5-10-8-4-3-7(9)6-11-8/h2-4,6H,1,5H2,(H,10,11). The SMILES string of the molecule is C=CCNc1ccc(Cl)cn1. The molecule has 2 nitrogen and oxygen atoms in total. The Morgan fingerprint density at radius 2 is 2.45 bits per heavy atom. The second kappa shape index (κ2) is 3.98. The first kappa shape index (κ1) is 8.08. The zero-order valence-corrected chi connectivity index (χ0v) is 6.80. The molecule has 0 amide bonds. The zero-order chi connectivity index (χ0) is 8.10. The average Bonchev–Trinajstić information content (AvgIpc) is 2.04. The summed E-state index contributed by atoms with van der Waals surface area (Å²) in [5, 5.41) is 3.68. The summed E-state index contributed by atoms with van der Waals surface area (Å²) in [4.78, 5) is 4.02. The number of pyridine rings is 1. The summed E-state index contributed by atoms with van der Waals surface area (Å²) in [5.41, 5.74) is 0. The van der Waals surface area contributed by atoms with Crippen LogP contribution in [0.25, 0.3) is 0 Å². The zero-order valence-electron chi connectivity index (χ0n) is 6.05. The highest BCUT2D eigenvalue weighted by molar-refractivity contribution is 6.30. The Kier molecular flexibility index (Phi) is 2.93. The molecule has 0 aliphatic carbocycles. The lowest BCUT2D eigenvalue weighted by Crippen LogP contribution is -1.98. The fourth-order valence-corrected chi connectivity index (χ4v) is 0.769. The van der Waals surface area contributed by atoms with Crippen molar-refractivity contribution in [1.82, 2.24) is 4.98 Å². The summed E-state index contributed by atoms with van der Waals surface area (Å²) in [7, 11) is 0. The van der Waals surface area contributed by atoms with E-state index >= 15 is 0 Å². The van der Waals surface area contributed by atoms with Crippen molar-refractivity contribution in [2.75, 3.05) is 11.9 Å². The number of anilines is 1. The maximum absolute atomic E-state index is 5.64. The van der Waals surface area contributed by atoms with E-state index in [2.05, 4.69) is 16.9 Å². The third-order valence-electron chi connectivity index (χ3n) is 1.15. The van der Waals surface area contributed by atoms with Gasteiger partial charge in [-0.2, -0.15) is 0 Å². The molecule has 1 N–H and O–H groups in total. The maximum atomic E-state index is 5.64. The Hall–Kier alpha value is -1.02. The average molecular weight is 169 g/mol. The molecule has 0 saturated carbocycles. The first-order valence-corrected chi connectivity index (χ1v) is 3.67. The second-order valence-electron chi connectivity index (χ2n) is 2.03. The van der Waals surface area contributed by atoms with Crippen molar-refractivity contribution in [2.45, 2.75) is 0 Å². The second-order valence-corrected chi connectivity index (χ2v) is 2.47. The monoisotopic (exact) mass is 168 g/mol. The lowest BCUT2D eigenvalue weighted by molar-refractivity contribution is 1.23. The Morgan fingerprint density at radius 1 is 1.64 bits per heavy atom. The van der Waals surface area contributed by atoms with Crippen molar-refractivity contribution in [3.8, 4) is 0 Å². The van der Waals surface area contributed by atoms with E-state index < -0.39 is 0 Å². The van der Waals surface area contributed by atoms with Gasteiger partial charge < -0.3 is 5.32 Å². The van der Waals surface area contributed by atoms with Gasteiger partial charge in [-0.05, 0) is 12.1 Å². The molecule has 0 fully saturated rings. The molecule has 58 valence electrons. The normalized spacial score (nSPS) is 9.18. The van der Waals surface area contributed by atoms with Crippen molar-refractivity contribution in [2.24, 2.45) is 0 Å². The van der Waals surface area contributed by atoms with E-state index in [1.165, 1.54) is 0 Å². The maximum Gasteiger partial charge on any atom is 0.126 e. The molecule has 1 rings (SSSR count). The van der Waals surface area contributed by atoms with E-state index in [-0.39, 0.29) is 0 Å². The number of nitrogens with one attached hydrogen (secondary N) is 1. The van der Waals surface area contributed by atoms with Gasteiger partial charge in [0.15, 0.2) is 0 Å². The first-order chi connectivity index (χ1) is 5.33. The third-order valence-corrected chi connectivity index (χ3v) is 1.38. The van der Waals surface area contributed by atoms with Crippen LogP contribution in [0.15, 0.2) is 31.0 Å². The highest BCUT2D eigenvalue weighted by Gasteiger charge is 1.89. The van der Waals surface area contributed by atoms with Crippen LogP contribution in [0.5, 0.6) is 0 Å². The summed E-state index contributed by atoms with van der Waals surface area (Å²) in [6.07, 6.45) is 3.38. The van der Waals surface area contributed by atoms with Crippen LogP contribution in [0.3, 0.4) is 0 Å². The predicted octanol–water partition coefficient (Wildman–Crippen LogP) is 2.33. The van der Waals surface area contributed by atoms with E-state index in [4.69, 9.17) is 11.6 Å². The molecule has 1 aromatic rings. The summed E-state index contributed by atoms with van der Waals surface area (Å²) >= 11 is 5.64. The molecule has 0 radical (unpaired) electrons. The quantitative estimate of drug-likeness (QED) is 0.701. The fraction of sp³-hybridized carbons (Fsp3) is 0.125. The number of hydrogen-bond donors (Lipinski definition) is 1. The highest BCUT2D eigenvalue weighted by Crippen LogP contribution is 2.08. The van der Waals surface area contributed by atoms with Crippen LogP contribution in [0.4, 0.5) is 5.82 Å². The molecule has 0 unspecified atom stereocenters. The van der Waals surface area contributed by atoms with E-state index in [0.29, 0.717) is 11.6 Å². The molecule has 0 spiro atoms. The molecule has 0 bridgehead atoms. The first-order valence-electron chi connectivity index (χ1n) is 3.29. The molecular weight excluding hydrogens is 160 g/mol. The van der Waals surface area contributed by atoms with Gasteiger partial charge in [-0.25, -0.2) is 4.98 Å². The van der Waals surface area contributed by atoms with Crippen LogP contribution in [-0.2, 0) is 0 Å². The molecule has 0 aliphatic heterocycles. The van der Waals surface area contributed by atoms with E-state index in [9.17, 15) is 0 Å². The highest BCUT2D eigenvalue weighted by atomic mass is 35.5. The molecule has 0 saturated heterocycles. The van der Waals surface area contributed by atoms with Crippen molar-refractivity contribution >= 4 is 17.4 Å². The Balaban J connectivity index is 2.58. The van der Waals surface area contributed by atoms with Gasteiger partial charge in [-0.15, -0.1) is 6.58 Å². The van der Waals surface area contributed by atoms with Gasteiger partial charge >= 0.3 is 0 Å². The fourth-order valence-electron chi connectivity index (χ4n) is 0.657. The van der Waals surface area contributed by atoms with Crippen LogP contribution in [0, 0.1) is 0 Å². The number of rotatable bonds is 3. The minimum absolute atomic E-state index is 0.647. The van der Waals surface area contributed by atoms with Crippen molar-refractivity contribution in [3.63, 3.8) is 0 Å². The van der Waals surface area contributed by atoms with Gasteiger partial charge in [0.2, 0.25) is 0 Å². The minimum Gasteiger partial charge on any atom is -0.367 e. The van der Waals surface area contributed by atoms with Crippen LogP contribution in [0.2, 0.25) is 5.02 Å². The molecular formula is C8H9ClN2. The van der Waals surface area contributed by atoms with E-state index in [1.807, 2.05) is 6.07 Å². The number of nitrogens with zero attached hydrogens (tertiary/aromatic N) is 1. The number of hydrogen-bond acceptors (Lipinski definition) is 2. The van der Waals surface area contributed by atoms with Crippen molar-refractivity contribution in [3.05, 3.63) is 36.0 Å². The summed E-state index contributed by atoms with van der Waals surface area (Å²) in [5.74, 6) is 0.814. The number of halogens is 1. The molecule has 0 aromatic carbocycles. The van der Waals surface area contributed by atoms with Crippen LogP contribution in [0.1, 0.15) is 0 Å². The van der Waals surface area contributed by atoms with Gasteiger partial charge in [0.1, 0.15) is 5.82 Å². The number of aromatic nitrogens is 1. The van der Waals surface area contributed by atoms with Gasteiger partial charge in [-0.1, -0.05) is 17.7 Å². The Bertz CT molecular complexity index is 230. The molecule has 0 atom stereocenters. The van der Waals surface area contributed by atoms with Crippen LogP contribution < -0.4 is 5.32 Å². The van der Waals surface area contributed by atoms with Gasteiger partial charge in [0.25, 0.3) is 0 Å². The van der Waals surface area contributed by atoms with E-state index in [1.54, 1.807) is 18.3 Å². The third kappa shape index (κ3) is 2.60. The van der Waals surface area contributed by atoms with Crippen LogP contribution in [-0.4, -0.2) is 11.5 Å². The summed E-state index contributed by atoms with van der Waals surface area (Å²) < 4.78 is 0. The molecule has 1 heterocycles. The predicted molar refractivity (Wildman–Crippen MR) is 47.9 cm³/mol. The van der Waals surface area contributed by atoms with Crippen LogP contribution >= 0.6 is 11.6 Å². The lowest BCUT2D eigenvalue weighted by Gasteiger charge is -2.00. The smallest absolute Gasteiger partial charge is 0.126 e. The molecule has 11 heavy (non-hydrogen) atoms.